The average molecular weight is 236 g/mol. The van der Waals surface area contributed by atoms with Crippen LogP contribution < -0.4 is 0 Å². The van der Waals surface area contributed by atoms with Gasteiger partial charge in [0.05, 0.1) is 0 Å². The number of benzene rings is 1. The largest absolute Gasteiger partial charge is 0.262 e. The maximum Gasteiger partial charge on any atom is 0.181 e. The molecule has 0 saturated heterocycles. The van der Waals surface area contributed by atoms with Crippen molar-refractivity contribution in [3.63, 3.8) is 0 Å². The van der Waals surface area contributed by atoms with Gasteiger partial charge in [-0.3, -0.25) is 10.1 Å². The van der Waals surface area contributed by atoms with Crippen LogP contribution in [0.25, 0.3) is 22.8 Å². The summed E-state index contributed by atoms with van der Waals surface area (Å²) in [7, 11) is 0. The van der Waals surface area contributed by atoms with Crippen molar-refractivity contribution < 1.29 is 0 Å². The first kappa shape index (κ1) is 10.7. The van der Waals surface area contributed by atoms with E-state index in [1.165, 1.54) is 0 Å². The highest BCUT2D eigenvalue weighted by atomic mass is 15.2. The van der Waals surface area contributed by atoms with Gasteiger partial charge in [-0.2, -0.15) is 5.10 Å². The summed E-state index contributed by atoms with van der Waals surface area (Å²) in [6, 6.07) is 13.8. The topological polar surface area (TPSA) is 54.5 Å². The van der Waals surface area contributed by atoms with E-state index in [0.29, 0.717) is 5.82 Å². The van der Waals surface area contributed by atoms with E-state index < -0.39 is 0 Å². The lowest BCUT2D eigenvalue weighted by Crippen LogP contribution is -1.84. The Labute approximate surface area is 105 Å². The maximum absolute atomic E-state index is 4.50. The smallest absolute Gasteiger partial charge is 0.181 e. The van der Waals surface area contributed by atoms with Crippen LogP contribution in [0.15, 0.2) is 48.7 Å². The first-order chi connectivity index (χ1) is 8.83. The number of nitrogens with one attached hydrogen (secondary N) is 1. The number of hydrogen-bond donors (Lipinski definition) is 1. The minimum absolute atomic E-state index is 0.694. The molecule has 0 atom stereocenters. The monoisotopic (exact) mass is 236 g/mol. The maximum atomic E-state index is 4.50. The Morgan fingerprint density at radius 2 is 1.83 bits per heavy atom. The fourth-order valence-corrected chi connectivity index (χ4v) is 1.80. The van der Waals surface area contributed by atoms with Crippen LogP contribution >= 0.6 is 0 Å². The second kappa shape index (κ2) is 4.41. The standard InChI is InChI=1S/C14H12N4/c1-10-9-12(7-8-15-10)14-16-13(17-18-14)11-5-3-2-4-6-11/h2-9H,1H3,(H,16,17,18). The summed E-state index contributed by atoms with van der Waals surface area (Å²) in [4.78, 5) is 8.66. The molecule has 4 heteroatoms. The fraction of sp³-hybridized carbons (Fsp3) is 0.0714. The van der Waals surface area contributed by atoms with Gasteiger partial charge in [0.25, 0.3) is 0 Å². The summed E-state index contributed by atoms with van der Waals surface area (Å²) in [5.74, 6) is 1.47. The molecule has 1 N–H and O–H groups in total. The van der Waals surface area contributed by atoms with E-state index in [4.69, 9.17) is 0 Å². The second-order valence-electron chi connectivity index (χ2n) is 4.06. The molecule has 3 aromatic rings. The molecule has 4 nitrogen and oxygen atoms in total. The number of H-pyrrole nitrogens is 1. The van der Waals surface area contributed by atoms with Gasteiger partial charge >= 0.3 is 0 Å². The molecule has 18 heavy (non-hydrogen) atoms. The summed E-state index contributed by atoms with van der Waals surface area (Å²) < 4.78 is 0. The third-order valence-electron chi connectivity index (χ3n) is 2.69. The van der Waals surface area contributed by atoms with Gasteiger partial charge in [-0.25, -0.2) is 4.98 Å². The van der Waals surface area contributed by atoms with Gasteiger partial charge in [-0.15, -0.1) is 0 Å². The Hall–Kier alpha value is -2.49. The zero-order chi connectivity index (χ0) is 12.4. The van der Waals surface area contributed by atoms with Gasteiger partial charge in [0, 0.05) is 23.0 Å². The molecule has 0 aliphatic carbocycles. The molecule has 0 unspecified atom stereocenters. The molecule has 0 aliphatic rings. The molecular formula is C14H12N4. The van der Waals surface area contributed by atoms with Gasteiger partial charge in [0.1, 0.15) is 0 Å². The van der Waals surface area contributed by atoms with E-state index >= 15 is 0 Å². The van der Waals surface area contributed by atoms with Crippen molar-refractivity contribution in [3.8, 4) is 22.8 Å². The highest BCUT2D eigenvalue weighted by Crippen LogP contribution is 2.19. The summed E-state index contributed by atoms with van der Waals surface area (Å²) >= 11 is 0. The highest BCUT2D eigenvalue weighted by molar-refractivity contribution is 5.60. The minimum atomic E-state index is 0.694. The van der Waals surface area contributed by atoms with Crippen LogP contribution in [-0.2, 0) is 0 Å². The van der Waals surface area contributed by atoms with Crippen LogP contribution in [0.5, 0.6) is 0 Å². The van der Waals surface area contributed by atoms with Crippen molar-refractivity contribution in [1.29, 1.82) is 0 Å². The number of hydrogen-bond acceptors (Lipinski definition) is 3. The van der Waals surface area contributed by atoms with E-state index in [0.717, 1.165) is 22.6 Å². The number of aryl methyl sites for hydroxylation is 1. The van der Waals surface area contributed by atoms with Gasteiger partial charge in [0.2, 0.25) is 0 Å². The Morgan fingerprint density at radius 3 is 2.61 bits per heavy atom. The first-order valence-electron chi connectivity index (χ1n) is 5.74. The molecular weight excluding hydrogens is 224 g/mol. The van der Waals surface area contributed by atoms with Crippen LogP contribution in [0, 0.1) is 6.92 Å². The third-order valence-corrected chi connectivity index (χ3v) is 2.69. The number of aromatic amines is 1. The molecule has 0 bridgehead atoms. The quantitative estimate of drug-likeness (QED) is 0.744. The number of aromatic nitrogens is 4. The van der Waals surface area contributed by atoms with Crippen molar-refractivity contribution in [2.45, 2.75) is 6.92 Å². The highest BCUT2D eigenvalue weighted by Gasteiger charge is 2.07. The molecule has 0 radical (unpaired) electrons. The number of pyridine rings is 1. The molecule has 0 aliphatic heterocycles. The summed E-state index contributed by atoms with van der Waals surface area (Å²) in [6.07, 6.45) is 1.77. The zero-order valence-electron chi connectivity index (χ0n) is 9.96. The SMILES string of the molecule is Cc1cc(-c2n[nH]c(-c3ccccc3)n2)ccn1. The molecule has 0 fully saturated rings. The lowest BCUT2D eigenvalue weighted by molar-refractivity contribution is 1.10. The van der Waals surface area contributed by atoms with Crippen molar-refractivity contribution in [1.82, 2.24) is 20.2 Å². The lowest BCUT2D eigenvalue weighted by atomic mass is 10.2. The van der Waals surface area contributed by atoms with Crippen LogP contribution in [0.2, 0.25) is 0 Å². The molecule has 88 valence electrons. The predicted octanol–water partition coefficient (Wildman–Crippen LogP) is 2.84. The van der Waals surface area contributed by atoms with Crippen molar-refractivity contribution in [2.24, 2.45) is 0 Å². The summed E-state index contributed by atoms with van der Waals surface area (Å²) in [5.41, 5.74) is 2.96. The lowest BCUT2D eigenvalue weighted by Gasteiger charge is -1.96. The molecule has 2 heterocycles. The van der Waals surface area contributed by atoms with E-state index in [9.17, 15) is 0 Å². The Kier molecular flexibility index (Phi) is 2.61. The average Bonchev–Trinajstić information content (AvgIpc) is 2.89. The Morgan fingerprint density at radius 1 is 1.00 bits per heavy atom. The normalized spacial score (nSPS) is 10.5. The van der Waals surface area contributed by atoms with Crippen LogP contribution in [0.4, 0.5) is 0 Å². The Bertz CT molecular complexity index is 658. The molecule has 0 spiro atoms. The number of rotatable bonds is 2. The van der Waals surface area contributed by atoms with Crippen LogP contribution in [0.1, 0.15) is 5.69 Å². The van der Waals surface area contributed by atoms with E-state index in [1.54, 1.807) is 6.20 Å². The third kappa shape index (κ3) is 2.00. The molecule has 1 aromatic carbocycles. The van der Waals surface area contributed by atoms with Crippen molar-refractivity contribution in [2.75, 3.05) is 0 Å². The van der Waals surface area contributed by atoms with Gasteiger partial charge < -0.3 is 0 Å². The fourth-order valence-electron chi connectivity index (χ4n) is 1.80. The van der Waals surface area contributed by atoms with E-state index in [2.05, 4.69) is 20.2 Å². The minimum Gasteiger partial charge on any atom is -0.262 e. The zero-order valence-corrected chi connectivity index (χ0v) is 9.96. The van der Waals surface area contributed by atoms with Crippen LogP contribution in [0.3, 0.4) is 0 Å². The van der Waals surface area contributed by atoms with E-state index in [-0.39, 0.29) is 0 Å². The van der Waals surface area contributed by atoms with Crippen LogP contribution in [-0.4, -0.2) is 20.2 Å². The predicted molar refractivity (Wildman–Crippen MR) is 69.8 cm³/mol. The summed E-state index contributed by atoms with van der Waals surface area (Å²) in [5, 5.41) is 7.20. The molecule has 2 aromatic heterocycles. The van der Waals surface area contributed by atoms with Crippen molar-refractivity contribution >= 4 is 0 Å². The van der Waals surface area contributed by atoms with Crippen molar-refractivity contribution in [3.05, 3.63) is 54.4 Å². The van der Waals surface area contributed by atoms with Gasteiger partial charge in [-0.05, 0) is 19.1 Å². The van der Waals surface area contributed by atoms with E-state index in [1.807, 2.05) is 49.4 Å². The molecule has 0 amide bonds. The van der Waals surface area contributed by atoms with Gasteiger partial charge in [0.15, 0.2) is 11.6 Å². The molecule has 0 saturated carbocycles. The van der Waals surface area contributed by atoms with Gasteiger partial charge in [-0.1, -0.05) is 30.3 Å². The summed E-state index contributed by atoms with van der Waals surface area (Å²) in [6.45, 7) is 1.95. The second-order valence-corrected chi connectivity index (χ2v) is 4.06. The first-order valence-corrected chi connectivity index (χ1v) is 5.74. The molecule has 3 rings (SSSR count). The Balaban J connectivity index is 2.00. The number of nitrogens with zero attached hydrogens (tertiary/aromatic N) is 3.